The zero-order valence-electron chi connectivity index (χ0n) is 15.4. The molecule has 1 heterocycles. The van der Waals surface area contributed by atoms with Gasteiger partial charge in [0.05, 0.1) is 25.6 Å². The van der Waals surface area contributed by atoms with Gasteiger partial charge in [-0.3, -0.25) is 4.98 Å². The Morgan fingerprint density at radius 3 is 2.63 bits per heavy atom. The summed E-state index contributed by atoms with van der Waals surface area (Å²) in [5.74, 6) is -0.479. The summed E-state index contributed by atoms with van der Waals surface area (Å²) in [6.07, 6.45) is 3.54. The number of rotatable bonds is 12. The molecule has 1 aromatic heterocycles. The molecule has 0 atom stereocenters. The first-order valence-corrected chi connectivity index (χ1v) is 10.3. The van der Waals surface area contributed by atoms with Gasteiger partial charge in [-0.2, -0.15) is 4.31 Å². The van der Waals surface area contributed by atoms with Gasteiger partial charge in [-0.1, -0.05) is 24.3 Å². The van der Waals surface area contributed by atoms with Gasteiger partial charge >= 0.3 is 0 Å². The summed E-state index contributed by atoms with van der Waals surface area (Å²) in [6, 6.07) is 9.96. The molecular weight excluding hydrogens is 371 g/mol. The molecule has 0 saturated heterocycles. The Hall–Kier alpha value is -1.87. The molecule has 0 amide bonds. The maximum atomic E-state index is 13.9. The van der Waals surface area contributed by atoms with Crippen molar-refractivity contribution >= 4 is 10.0 Å². The number of hydrogen-bond acceptors (Lipinski definition) is 5. The lowest BCUT2D eigenvalue weighted by molar-refractivity contribution is 0.0781. The van der Waals surface area contributed by atoms with Gasteiger partial charge in [0.25, 0.3) is 0 Å². The fourth-order valence-corrected chi connectivity index (χ4v) is 3.80. The van der Waals surface area contributed by atoms with Gasteiger partial charge in [0.2, 0.25) is 10.0 Å². The van der Waals surface area contributed by atoms with Crippen molar-refractivity contribution in [3.63, 3.8) is 0 Å². The molecule has 0 spiro atoms. The fourth-order valence-electron chi connectivity index (χ4n) is 2.50. The lowest BCUT2D eigenvalue weighted by Gasteiger charge is -2.22. The first-order valence-electron chi connectivity index (χ1n) is 8.70. The van der Waals surface area contributed by atoms with Gasteiger partial charge in [-0.25, -0.2) is 12.8 Å². The number of sulfonamides is 1. The van der Waals surface area contributed by atoms with Gasteiger partial charge in [0.1, 0.15) is 5.82 Å². The van der Waals surface area contributed by atoms with Crippen LogP contribution in [0.5, 0.6) is 0 Å². The maximum Gasteiger partial charge on any atom is 0.216 e. The normalized spacial score (nSPS) is 11.8. The Morgan fingerprint density at radius 1 is 1.11 bits per heavy atom. The minimum absolute atomic E-state index is 0.0783. The average Bonchev–Trinajstić information content (AvgIpc) is 2.67. The van der Waals surface area contributed by atoms with E-state index < -0.39 is 10.0 Å². The second-order valence-electron chi connectivity index (χ2n) is 5.96. The van der Waals surface area contributed by atoms with Crippen LogP contribution in [0.4, 0.5) is 4.39 Å². The highest BCUT2D eigenvalue weighted by Crippen LogP contribution is 2.13. The van der Waals surface area contributed by atoms with E-state index in [0.29, 0.717) is 18.8 Å². The molecule has 8 heteroatoms. The first kappa shape index (κ1) is 21.4. The Morgan fingerprint density at radius 2 is 1.93 bits per heavy atom. The molecule has 0 bridgehead atoms. The molecule has 2 rings (SSSR count). The van der Waals surface area contributed by atoms with E-state index in [1.165, 1.54) is 10.4 Å². The van der Waals surface area contributed by atoms with Gasteiger partial charge in [0.15, 0.2) is 0 Å². The average molecular weight is 396 g/mol. The zero-order chi connectivity index (χ0) is 19.5. The van der Waals surface area contributed by atoms with Gasteiger partial charge in [0, 0.05) is 32.6 Å². The highest BCUT2D eigenvalue weighted by Gasteiger charge is 2.22. The van der Waals surface area contributed by atoms with Crippen molar-refractivity contribution in [3.8, 4) is 0 Å². The Bertz CT molecular complexity index is 787. The van der Waals surface area contributed by atoms with E-state index in [-0.39, 0.29) is 37.7 Å². The minimum Gasteiger partial charge on any atom is -0.382 e. The van der Waals surface area contributed by atoms with Crippen molar-refractivity contribution < 1.29 is 22.3 Å². The van der Waals surface area contributed by atoms with Crippen molar-refractivity contribution in [2.45, 2.75) is 13.0 Å². The first-order chi connectivity index (χ1) is 13.0. The number of hydrogen-bond donors (Lipinski definition) is 0. The molecular formula is C19H25FN2O4S. The predicted molar refractivity (Wildman–Crippen MR) is 101 cm³/mol. The van der Waals surface area contributed by atoms with Crippen LogP contribution in [-0.2, 0) is 32.5 Å². The third-order valence-corrected chi connectivity index (χ3v) is 5.76. The predicted octanol–water partition coefficient (Wildman–Crippen LogP) is 2.26. The molecule has 0 saturated carbocycles. The van der Waals surface area contributed by atoms with Crippen molar-refractivity contribution in [2.24, 2.45) is 0 Å². The molecule has 0 aliphatic rings. The standard InChI is InChI=1S/C19H25FN2O4S/c1-25-11-12-26-13-14-27(23,24)22(16-17-5-4-9-21-15-17)10-8-18-6-2-3-7-19(18)20/h2-7,9,15H,8,10-14,16H2,1H3. The van der Waals surface area contributed by atoms with Crippen molar-refractivity contribution in [1.82, 2.24) is 9.29 Å². The summed E-state index contributed by atoms with van der Waals surface area (Å²) >= 11 is 0. The Labute approximate surface area is 160 Å². The SMILES string of the molecule is COCCOCCS(=O)(=O)N(CCc1ccccc1F)Cc1cccnc1. The topological polar surface area (TPSA) is 68.7 Å². The lowest BCUT2D eigenvalue weighted by Crippen LogP contribution is -2.35. The molecule has 0 aliphatic carbocycles. The largest absolute Gasteiger partial charge is 0.382 e. The van der Waals surface area contributed by atoms with E-state index in [4.69, 9.17) is 9.47 Å². The third kappa shape index (κ3) is 7.34. The summed E-state index contributed by atoms with van der Waals surface area (Å²) in [5, 5.41) is 0. The number of methoxy groups -OCH3 is 1. The van der Waals surface area contributed by atoms with E-state index in [2.05, 4.69) is 4.98 Å². The maximum absolute atomic E-state index is 13.9. The van der Waals surface area contributed by atoms with Gasteiger partial charge in [-0.15, -0.1) is 0 Å². The fraction of sp³-hybridized carbons (Fsp3) is 0.421. The number of pyridine rings is 1. The third-order valence-electron chi connectivity index (χ3n) is 3.98. The molecule has 148 valence electrons. The Balaban J connectivity index is 2.05. The highest BCUT2D eigenvalue weighted by atomic mass is 32.2. The van der Waals surface area contributed by atoms with Crippen LogP contribution in [0.3, 0.4) is 0 Å². The molecule has 6 nitrogen and oxygen atoms in total. The van der Waals surface area contributed by atoms with E-state index in [0.717, 1.165) is 5.56 Å². The van der Waals surface area contributed by atoms with E-state index in [9.17, 15) is 12.8 Å². The van der Waals surface area contributed by atoms with Crippen LogP contribution in [0.15, 0.2) is 48.8 Å². The van der Waals surface area contributed by atoms with Crippen LogP contribution in [0.25, 0.3) is 0 Å². The number of benzene rings is 1. The van der Waals surface area contributed by atoms with Crippen LogP contribution in [-0.4, -0.2) is 56.9 Å². The van der Waals surface area contributed by atoms with E-state index in [1.54, 1.807) is 43.8 Å². The highest BCUT2D eigenvalue weighted by molar-refractivity contribution is 7.89. The number of aromatic nitrogens is 1. The van der Waals surface area contributed by atoms with Crippen LogP contribution in [0.2, 0.25) is 0 Å². The molecule has 0 fully saturated rings. The van der Waals surface area contributed by atoms with Crippen molar-refractivity contribution in [1.29, 1.82) is 0 Å². The quantitative estimate of drug-likeness (QED) is 0.515. The van der Waals surface area contributed by atoms with Crippen LogP contribution in [0.1, 0.15) is 11.1 Å². The zero-order valence-corrected chi connectivity index (χ0v) is 16.2. The summed E-state index contributed by atoms with van der Waals surface area (Å²) in [6.45, 7) is 1.18. The van der Waals surface area contributed by atoms with Crippen LogP contribution >= 0.6 is 0 Å². The molecule has 0 aliphatic heterocycles. The second kappa shape index (κ2) is 11.1. The van der Waals surface area contributed by atoms with Crippen molar-refractivity contribution in [2.75, 3.05) is 39.2 Å². The molecule has 0 radical (unpaired) electrons. The smallest absolute Gasteiger partial charge is 0.216 e. The summed E-state index contributed by atoms with van der Waals surface area (Å²) in [7, 11) is -2.02. The molecule has 0 unspecified atom stereocenters. The summed E-state index contributed by atoms with van der Waals surface area (Å²) < 4.78 is 50.9. The van der Waals surface area contributed by atoms with Gasteiger partial charge < -0.3 is 9.47 Å². The molecule has 27 heavy (non-hydrogen) atoms. The van der Waals surface area contributed by atoms with E-state index >= 15 is 0 Å². The van der Waals surface area contributed by atoms with Crippen LogP contribution < -0.4 is 0 Å². The lowest BCUT2D eigenvalue weighted by atomic mass is 10.1. The number of nitrogens with zero attached hydrogens (tertiary/aromatic N) is 2. The summed E-state index contributed by atoms with van der Waals surface area (Å²) in [5.41, 5.74) is 1.26. The van der Waals surface area contributed by atoms with E-state index in [1.807, 2.05) is 6.07 Å². The Kier molecular flexibility index (Phi) is 8.80. The van der Waals surface area contributed by atoms with Gasteiger partial charge in [-0.05, 0) is 29.7 Å². The molecule has 2 aromatic rings. The summed E-state index contributed by atoms with van der Waals surface area (Å²) in [4.78, 5) is 4.03. The number of halogens is 1. The second-order valence-corrected chi connectivity index (χ2v) is 8.05. The minimum atomic E-state index is -3.57. The molecule has 1 aromatic carbocycles. The molecule has 0 N–H and O–H groups in total. The van der Waals surface area contributed by atoms with Crippen molar-refractivity contribution in [3.05, 3.63) is 65.7 Å². The number of ether oxygens (including phenoxy) is 2. The monoisotopic (exact) mass is 396 g/mol. The van der Waals surface area contributed by atoms with Crippen LogP contribution in [0, 0.1) is 5.82 Å².